The molecule has 0 atom stereocenters. The number of hydrogen-bond acceptors (Lipinski definition) is 3. The number of benzene rings is 2. The Hall–Kier alpha value is -2.95. The average molecular weight is 324 g/mol. The summed E-state index contributed by atoms with van der Waals surface area (Å²) in [6.07, 6.45) is 2.67. The molecule has 0 bridgehead atoms. The number of fused-ring (bicyclic) bond motifs is 1. The summed E-state index contributed by atoms with van der Waals surface area (Å²) in [6, 6.07) is 15.2. The highest BCUT2D eigenvalue weighted by atomic mass is 19.1. The molecule has 0 aliphatic heterocycles. The zero-order chi connectivity index (χ0) is 16.8. The SMILES string of the molecule is O=C(CCCOc1ccc(F)cc1)Nc1ccc2ncccc2c1. The molecule has 1 N–H and O–H groups in total. The summed E-state index contributed by atoms with van der Waals surface area (Å²) in [5.41, 5.74) is 1.64. The van der Waals surface area contributed by atoms with E-state index in [1.807, 2.05) is 30.3 Å². The quantitative estimate of drug-likeness (QED) is 0.692. The predicted octanol–water partition coefficient (Wildman–Crippen LogP) is 4.17. The molecule has 122 valence electrons. The second-order valence-electron chi connectivity index (χ2n) is 5.36. The number of nitrogens with zero attached hydrogens (tertiary/aromatic N) is 1. The Labute approximate surface area is 139 Å². The van der Waals surface area contributed by atoms with E-state index >= 15 is 0 Å². The van der Waals surface area contributed by atoms with Gasteiger partial charge in [-0.05, 0) is 55.0 Å². The first-order valence-electron chi connectivity index (χ1n) is 7.74. The zero-order valence-corrected chi connectivity index (χ0v) is 13.0. The van der Waals surface area contributed by atoms with Crippen molar-refractivity contribution in [1.82, 2.24) is 4.98 Å². The first kappa shape index (κ1) is 15.9. The molecule has 0 spiro atoms. The summed E-state index contributed by atoms with van der Waals surface area (Å²) in [5, 5.41) is 3.85. The number of rotatable bonds is 6. The van der Waals surface area contributed by atoms with Gasteiger partial charge in [-0.2, -0.15) is 0 Å². The van der Waals surface area contributed by atoms with Crippen LogP contribution in [0.15, 0.2) is 60.8 Å². The van der Waals surface area contributed by atoms with Gasteiger partial charge in [0.1, 0.15) is 11.6 Å². The highest BCUT2D eigenvalue weighted by Gasteiger charge is 2.04. The molecule has 1 amide bonds. The van der Waals surface area contributed by atoms with Crippen molar-refractivity contribution >= 4 is 22.5 Å². The summed E-state index contributed by atoms with van der Waals surface area (Å²) < 4.78 is 18.2. The molecule has 0 unspecified atom stereocenters. The van der Waals surface area contributed by atoms with E-state index in [9.17, 15) is 9.18 Å². The van der Waals surface area contributed by atoms with Crippen molar-refractivity contribution in [2.45, 2.75) is 12.8 Å². The topological polar surface area (TPSA) is 51.2 Å². The van der Waals surface area contributed by atoms with Crippen LogP contribution in [0.2, 0.25) is 0 Å². The summed E-state index contributed by atoms with van der Waals surface area (Å²) in [4.78, 5) is 16.2. The van der Waals surface area contributed by atoms with Crippen molar-refractivity contribution in [3.63, 3.8) is 0 Å². The van der Waals surface area contributed by atoms with E-state index < -0.39 is 0 Å². The summed E-state index contributed by atoms with van der Waals surface area (Å²) in [6.45, 7) is 0.403. The molecule has 0 radical (unpaired) electrons. The van der Waals surface area contributed by atoms with Gasteiger partial charge in [0.15, 0.2) is 0 Å². The van der Waals surface area contributed by atoms with Crippen LogP contribution < -0.4 is 10.1 Å². The van der Waals surface area contributed by atoms with Crippen LogP contribution in [0.5, 0.6) is 5.75 Å². The summed E-state index contributed by atoms with van der Waals surface area (Å²) in [5.74, 6) is 0.229. The van der Waals surface area contributed by atoms with E-state index in [2.05, 4.69) is 10.3 Å². The molecule has 1 aromatic heterocycles. The van der Waals surface area contributed by atoms with Gasteiger partial charge < -0.3 is 10.1 Å². The predicted molar refractivity (Wildman–Crippen MR) is 91.5 cm³/mol. The largest absolute Gasteiger partial charge is 0.494 e. The number of carbonyl (C=O) groups is 1. The summed E-state index contributed by atoms with van der Waals surface area (Å²) >= 11 is 0. The minimum absolute atomic E-state index is 0.0686. The standard InChI is InChI=1S/C19H17FN2O2/c20-15-5-8-17(9-6-15)24-12-2-4-19(23)22-16-7-10-18-14(13-16)3-1-11-21-18/h1,3,5-11,13H,2,4,12H2,(H,22,23). The maximum absolute atomic E-state index is 12.8. The minimum atomic E-state index is -0.299. The van der Waals surface area contributed by atoms with E-state index in [0.29, 0.717) is 25.2 Å². The van der Waals surface area contributed by atoms with E-state index in [0.717, 1.165) is 16.6 Å². The van der Waals surface area contributed by atoms with Gasteiger partial charge in [-0.25, -0.2) is 4.39 Å². The molecule has 0 fully saturated rings. The fraction of sp³-hybridized carbons (Fsp3) is 0.158. The van der Waals surface area contributed by atoms with Crippen LogP contribution in [-0.2, 0) is 4.79 Å². The molecular weight excluding hydrogens is 307 g/mol. The minimum Gasteiger partial charge on any atom is -0.494 e. The number of amides is 1. The Balaban J connectivity index is 1.45. The van der Waals surface area contributed by atoms with E-state index in [4.69, 9.17) is 4.74 Å². The smallest absolute Gasteiger partial charge is 0.224 e. The lowest BCUT2D eigenvalue weighted by atomic mass is 10.2. The number of halogens is 1. The van der Waals surface area contributed by atoms with Crippen LogP contribution in [0.25, 0.3) is 10.9 Å². The van der Waals surface area contributed by atoms with Crippen LogP contribution in [0.3, 0.4) is 0 Å². The molecule has 2 aromatic carbocycles. The first-order valence-corrected chi connectivity index (χ1v) is 7.74. The number of pyridine rings is 1. The Morgan fingerprint density at radius 1 is 1.12 bits per heavy atom. The molecule has 24 heavy (non-hydrogen) atoms. The Bertz CT molecular complexity index is 834. The third-order valence-corrected chi connectivity index (χ3v) is 3.52. The second kappa shape index (κ2) is 7.55. The summed E-state index contributed by atoms with van der Waals surface area (Å²) in [7, 11) is 0. The molecular formula is C19H17FN2O2. The van der Waals surface area contributed by atoms with Gasteiger partial charge in [0.2, 0.25) is 5.91 Å². The second-order valence-corrected chi connectivity index (χ2v) is 5.36. The fourth-order valence-electron chi connectivity index (χ4n) is 2.33. The Morgan fingerprint density at radius 3 is 2.79 bits per heavy atom. The fourth-order valence-corrected chi connectivity index (χ4v) is 2.33. The van der Waals surface area contributed by atoms with Gasteiger partial charge in [0.25, 0.3) is 0 Å². The van der Waals surface area contributed by atoms with Gasteiger partial charge in [0, 0.05) is 23.7 Å². The van der Waals surface area contributed by atoms with Crippen molar-refractivity contribution in [1.29, 1.82) is 0 Å². The van der Waals surface area contributed by atoms with Gasteiger partial charge in [-0.1, -0.05) is 6.07 Å². The Morgan fingerprint density at radius 2 is 1.96 bits per heavy atom. The van der Waals surface area contributed by atoms with Crippen LogP contribution in [0.1, 0.15) is 12.8 Å². The van der Waals surface area contributed by atoms with Crippen molar-refractivity contribution < 1.29 is 13.9 Å². The van der Waals surface area contributed by atoms with E-state index in [1.54, 1.807) is 18.3 Å². The number of nitrogens with one attached hydrogen (secondary N) is 1. The molecule has 4 nitrogen and oxygen atoms in total. The van der Waals surface area contributed by atoms with Gasteiger partial charge in [-0.15, -0.1) is 0 Å². The normalized spacial score (nSPS) is 10.5. The molecule has 0 saturated carbocycles. The van der Waals surface area contributed by atoms with Crippen LogP contribution >= 0.6 is 0 Å². The van der Waals surface area contributed by atoms with E-state index in [1.165, 1.54) is 12.1 Å². The number of anilines is 1. The maximum Gasteiger partial charge on any atom is 0.224 e. The zero-order valence-electron chi connectivity index (χ0n) is 13.0. The van der Waals surface area contributed by atoms with Gasteiger partial charge in [0.05, 0.1) is 12.1 Å². The molecule has 5 heteroatoms. The monoisotopic (exact) mass is 324 g/mol. The number of aromatic nitrogens is 1. The lowest BCUT2D eigenvalue weighted by Gasteiger charge is -2.08. The van der Waals surface area contributed by atoms with Gasteiger partial charge in [-0.3, -0.25) is 9.78 Å². The first-order chi connectivity index (χ1) is 11.7. The maximum atomic E-state index is 12.8. The molecule has 3 aromatic rings. The Kier molecular flexibility index (Phi) is 5.01. The van der Waals surface area contributed by atoms with Gasteiger partial charge >= 0.3 is 0 Å². The number of ether oxygens (including phenoxy) is 1. The molecule has 0 saturated heterocycles. The van der Waals surface area contributed by atoms with Crippen LogP contribution in [0, 0.1) is 5.82 Å². The molecule has 0 aliphatic carbocycles. The lowest BCUT2D eigenvalue weighted by Crippen LogP contribution is -2.12. The highest BCUT2D eigenvalue weighted by molar-refractivity contribution is 5.93. The van der Waals surface area contributed by atoms with E-state index in [-0.39, 0.29) is 11.7 Å². The highest BCUT2D eigenvalue weighted by Crippen LogP contribution is 2.17. The van der Waals surface area contributed by atoms with Crippen molar-refractivity contribution in [3.05, 3.63) is 66.6 Å². The third kappa shape index (κ3) is 4.29. The molecule has 0 aliphatic rings. The molecule has 3 rings (SSSR count). The molecule has 1 heterocycles. The average Bonchev–Trinajstić information content (AvgIpc) is 2.60. The number of hydrogen-bond donors (Lipinski definition) is 1. The van der Waals surface area contributed by atoms with Crippen LogP contribution in [0.4, 0.5) is 10.1 Å². The van der Waals surface area contributed by atoms with Crippen molar-refractivity contribution in [3.8, 4) is 5.75 Å². The van der Waals surface area contributed by atoms with Crippen LogP contribution in [-0.4, -0.2) is 17.5 Å². The van der Waals surface area contributed by atoms with Crippen molar-refractivity contribution in [2.75, 3.05) is 11.9 Å². The van der Waals surface area contributed by atoms with Crippen molar-refractivity contribution in [2.24, 2.45) is 0 Å². The lowest BCUT2D eigenvalue weighted by molar-refractivity contribution is -0.116. The third-order valence-electron chi connectivity index (χ3n) is 3.52. The number of carbonyl (C=O) groups excluding carboxylic acids is 1.